The summed E-state index contributed by atoms with van der Waals surface area (Å²) in [6, 6.07) is 0. The molecule has 11 atom stereocenters. The molecule has 0 spiro atoms. The van der Waals surface area contributed by atoms with E-state index in [0.29, 0.717) is 30.3 Å². The molecule has 5 aliphatic carbocycles. The van der Waals surface area contributed by atoms with Crippen molar-refractivity contribution in [1.29, 1.82) is 0 Å². The molecule has 0 aromatic rings. The van der Waals surface area contributed by atoms with Gasteiger partial charge < -0.3 is 15.3 Å². The molecule has 0 aromatic heterocycles. The number of aliphatic hydroxyl groups is 3. The molecule has 3 heteroatoms. The molecule has 4 saturated carbocycles. The summed E-state index contributed by atoms with van der Waals surface area (Å²) >= 11 is 0. The van der Waals surface area contributed by atoms with Crippen LogP contribution in [-0.4, -0.2) is 34.6 Å². The van der Waals surface area contributed by atoms with Gasteiger partial charge in [0.1, 0.15) is 0 Å². The molecule has 5 aliphatic rings. The number of hydrogen-bond donors (Lipinski definition) is 3. The van der Waals surface area contributed by atoms with Crippen LogP contribution in [0.25, 0.3) is 0 Å². The molecule has 0 radical (unpaired) electrons. The number of hydrogen-bond acceptors (Lipinski definition) is 3. The van der Waals surface area contributed by atoms with E-state index >= 15 is 0 Å². The van der Waals surface area contributed by atoms with E-state index in [0.717, 1.165) is 38.0 Å². The monoisotopic (exact) mass is 458 g/mol. The largest absolute Gasteiger partial charge is 0.396 e. The Bertz CT molecular complexity index is 821. The van der Waals surface area contributed by atoms with Crippen molar-refractivity contribution < 1.29 is 15.3 Å². The second-order valence-electron chi connectivity index (χ2n) is 14.4. The van der Waals surface area contributed by atoms with Gasteiger partial charge in [0, 0.05) is 17.4 Å². The van der Waals surface area contributed by atoms with Crippen LogP contribution in [0.15, 0.2) is 11.6 Å². The third kappa shape index (κ3) is 2.85. The molecule has 0 amide bonds. The molecule has 0 heterocycles. The third-order valence-corrected chi connectivity index (χ3v) is 13.6. The van der Waals surface area contributed by atoms with E-state index in [1.807, 2.05) is 0 Å². The molecule has 33 heavy (non-hydrogen) atoms. The Kier molecular flexibility index (Phi) is 5.57. The molecule has 0 bridgehead atoms. The summed E-state index contributed by atoms with van der Waals surface area (Å²) in [4.78, 5) is 0. The second-order valence-corrected chi connectivity index (χ2v) is 14.4. The van der Waals surface area contributed by atoms with Gasteiger partial charge in [-0.05, 0) is 104 Å². The summed E-state index contributed by atoms with van der Waals surface area (Å²) in [5.74, 6) is 2.84. The van der Waals surface area contributed by atoms with Crippen LogP contribution in [0.3, 0.4) is 0 Å². The van der Waals surface area contributed by atoms with Crippen molar-refractivity contribution in [3.63, 3.8) is 0 Å². The third-order valence-electron chi connectivity index (χ3n) is 13.6. The van der Waals surface area contributed by atoms with Crippen LogP contribution in [0.4, 0.5) is 0 Å². The highest BCUT2D eigenvalue weighted by Crippen LogP contribution is 2.75. The van der Waals surface area contributed by atoms with E-state index in [2.05, 4.69) is 47.6 Å². The van der Waals surface area contributed by atoms with Crippen molar-refractivity contribution in [1.82, 2.24) is 0 Å². The first-order valence-corrected chi connectivity index (χ1v) is 14.0. The van der Waals surface area contributed by atoms with Crippen molar-refractivity contribution in [3.05, 3.63) is 11.6 Å². The fourth-order valence-electron chi connectivity index (χ4n) is 10.9. The Balaban J connectivity index is 1.59. The summed E-state index contributed by atoms with van der Waals surface area (Å²) in [5, 5.41) is 32.0. The van der Waals surface area contributed by atoms with Crippen LogP contribution in [0.1, 0.15) is 99.3 Å². The zero-order valence-electron chi connectivity index (χ0n) is 22.2. The number of allylic oxidation sites excluding steroid dienone is 2. The Hall–Kier alpha value is -0.380. The van der Waals surface area contributed by atoms with Gasteiger partial charge in [0.2, 0.25) is 0 Å². The lowest BCUT2D eigenvalue weighted by molar-refractivity contribution is -0.217. The van der Waals surface area contributed by atoms with Gasteiger partial charge in [0.05, 0.1) is 12.7 Å². The van der Waals surface area contributed by atoms with Gasteiger partial charge in [-0.25, -0.2) is 0 Å². The molecule has 0 aliphatic heterocycles. The van der Waals surface area contributed by atoms with Crippen molar-refractivity contribution >= 4 is 0 Å². The van der Waals surface area contributed by atoms with Crippen molar-refractivity contribution in [3.8, 4) is 0 Å². The molecule has 188 valence electrons. The molecule has 0 aromatic carbocycles. The van der Waals surface area contributed by atoms with Crippen LogP contribution >= 0.6 is 0 Å². The summed E-state index contributed by atoms with van der Waals surface area (Å²) in [6.45, 7) is 15.2. The number of aliphatic hydroxyl groups excluding tert-OH is 3. The Morgan fingerprint density at radius 2 is 1.58 bits per heavy atom. The first-order chi connectivity index (χ1) is 15.4. The highest BCUT2D eigenvalue weighted by Gasteiger charge is 2.68. The van der Waals surface area contributed by atoms with Crippen molar-refractivity contribution in [2.45, 2.75) is 105 Å². The molecule has 3 nitrogen and oxygen atoms in total. The van der Waals surface area contributed by atoms with E-state index in [-0.39, 0.29) is 39.8 Å². The highest BCUT2D eigenvalue weighted by atomic mass is 16.3. The minimum absolute atomic E-state index is 0.0893. The Labute approximate surface area is 202 Å². The lowest BCUT2D eigenvalue weighted by atomic mass is 9.33. The minimum atomic E-state index is -0.389. The van der Waals surface area contributed by atoms with Gasteiger partial charge in [-0.3, -0.25) is 0 Å². The van der Waals surface area contributed by atoms with E-state index in [1.54, 1.807) is 5.57 Å². The summed E-state index contributed by atoms with van der Waals surface area (Å²) in [6.07, 6.45) is 12.4. The lowest BCUT2D eigenvalue weighted by Gasteiger charge is -2.71. The average molecular weight is 459 g/mol. The van der Waals surface area contributed by atoms with Crippen LogP contribution < -0.4 is 0 Å². The summed E-state index contributed by atoms with van der Waals surface area (Å²) < 4.78 is 0. The second kappa shape index (κ2) is 7.56. The summed E-state index contributed by atoms with van der Waals surface area (Å²) in [7, 11) is 0. The van der Waals surface area contributed by atoms with E-state index in [1.165, 1.54) is 25.7 Å². The molecule has 4 fully saturated rings. The zero-order valence-corrected chi connectivity index (χ0v) is 22.2. The van der Waals surface area contributed by atoms with E-state index < -0.39 is 0 Å². The first kappa shape index (κ1) is 24.3. The number of fused-ring (bicyclic) bond motifs is 7. The lowest BCUT2D eigenvalue weighted by Crippen LogP contribution is -2.66. The maximum atomic E-state index is 10.9. The predicted molar refractivity (Wildman–Crippen MR) is 133 cm³/mol. The SMILES string of the molecule is CC1CCC2(CO)CCC3(C)C(=CCC4C5(C)CCC(O)C(C)(CO)C5CCC43C)C2C1C. The van der Waals surface area contributed by atoms with Gasteiger partial charge >= 0.3 is 0 Å². The van der Waals surface area contributed by atoms with Crippen LogP contribution in [0.5, 0.6) is 0 Å². The topological polar surface area (TPSA) is 60.7 Å². The number of rotatable bonds is 2. The smallest absolute Gasteiger partial charge is 0.0618 e. The van der Waals surface area contributed by atoms with Gasteiger partial charge in [-0.15, -0.1) is 0 Å². The Morgan fingerprint density at radius 3 is 2.24 bits per heavy atom. The fraction of sp³-hybridized carbons (Fsp3) is 0.933. The molecule has 11 unspecified atom stereocenters. The first-order valence-electron chi connectivity index (χ1n) is 14.0. The highest BCUT2D eigenvalue weighted by molar-refractivity contribution is 5.34. The maximum Gasteiger partial charge on any atom is 0.0618 e. The normalized spacial score (nSPS) is 58.4. The zero-order chi connectivity index (χ0) is 24.0. The summed E-state index contributed by atoms with van der Waals surface area (Å²) in [5.41, 5.74) is 1.99. The van der Waals surface area contributed by atoms with Gasteiger partial charge in [0.15, 0.2) is 0 Å². The van der Waals surface area contributed by atoms with Gasteiger partial charge in [-0.1, -0.05) is 53.2 Å². The van der Waals surface area contributed by atoms with Crippen molar-refractivity contribution in [2.24, 2.45) is 56.7 Å². The maximum absolute atomic E-state index is 10.9. The van der Waals surface area contributed by atoms with E-state index in [9.17, 15) is 15.3 Å². The molecular weight excluding hydrogens is 408 g/mol. The molecule has 5 rings (SSSR count). The van der Waals surface area contributed by atoms with Crippen molar-refractivity contribution in [2.75, 3.05) is 13.2 Å². The van der Waals surface area contributed by atoms with Crippen LogP contribution in [-0.2, 0) is 0 Å². The molecular formula is C30H50O3. The van der Waals surface area contributed by atoms with Crippen LogP contribution in [0.2, 0.25) is 0 Å². The Morgan fingerprint density at radius 1 is 0.848 bits per heavy atom. The average Bonchev–Trinajstić information content (AvgIpc) is 2.79. The fourth-order valence-corrected chi connectivity index (χ4v) is 10.9. The van der Waals surface area contributed by atoms with Gasteiger partial charge in [0.25, 0.3) is 0 Å². The quantitative estimate of drug-likeness (QED) is 0.447. The standard InChI is InChI=1S/C30H50O3/c1-19-9-14-30(18-32)16-15-28(5)21(25(30)20(19)2)7-8-23-26(3)12-11-24(33)27(4,17-31)22(26)10-13-29(23,28)6/h7,19-20,22-25,31-33H,8-18H2,1-6H3. The van der Waals surface area contributed by atoms with Gasteiger partial charge in [-0.2, -0.15) is 0 Å². The minimum Gasteiger partial charge on any atom is -0.396 e. The van der Waals surface area contributed by atoms with E-state index in [4.69, 9.17) is 0 Å². The molecule has 0 saturated heterocycles. The van der Waals surface area contributed by atoms with Crippen LogP contribution in [0, 0.1) is 56.7 Å². The predicted octanol–water partition coefficient (Wildman–Crippen LogP) is 5.97. The molecule has 3 N–H and O–H groups in total.